The van der Waals surface area contributed by atoms with Gasteiger partial charge in [-0.25, -0.2) is 0 Å². The first-order valence-corrected chi connectivity index (χ1v) is 6.33. The summed E-state index contributed by atoms with van der Waals surface area (Å²) in [5.41, 5.74) is -0.527. The van der Waals surface area contributed by atoms with Crippen LogP contribution in [0, 0.1) is 5.41 Å². The van der Waals surface area contributed by atoms with Gasteiger partial charge >= 0.3 is 0 Å². The maximum Gasteiger partial charge on any atom is 0.277 e. The van der Waals surface area contributed by atoms with E-state index in [2.05, 4.69) is 9.44 Å². The lowest BCUT2D eigenvalue weighted by Gasteiger charge is -2.17. The molecule has 0 saturated carbocycles. The molecule has 15 heavy (non-hydrogen) atoms. The maximum absolute atomic E-state index is 11.4. The normalized spacial score (nSPS) is 13.2. The van der Waals surface area contributed by atoms with E-state index >= 15 is 0 Å². The lowest BCUT2D eigenvalue weighted by molar-refractivity contribution is -0.125. The van der Waals surface area contributed by atoms with Gasteiger partial charge in [0.15, 0.2) is 5.78 Å². The summed E-state index contributed by atoms with van der Waals surface area (Å²) < 4.78 is 27.1. The van der Waals surface area contributed by atoms with E-state index in [1.54, 1.807) is 34.6 Å². The largest absolute Gasteiger partial charge is 0.298 e. The fourth-order valence-corrected chi connectivity index (χ4v) is 1.80. The summed E-state index contributed by atoms with van der Waals surface area (Å²) in [6, 6.07) is -0.188. The van der Waals surface area contributed by atoms with Crippen LogP contribution in [0.25, 0.3) is 0 Å². The molecule has 0 radical (unpaired) electrons. The molecule has 0 aliphatic heterocycles. The van der Waals surface area contributed by atoms with Crippen molar-refractivity contribution in [3.8, 4) is 0 Å². The van der Waals surface area contributed by atoms with Crippen LogP contribution in [0.15, 0.2) is 0 Å². The average Bonchev–Trinajstić information content (AvgIpc) is 1.95. The zero-order chi connectivity index (χ0) is 12.3. The van der Waals surface area contributed by atoms with Crippen molar-refractivity contribution in [2.45, 2.75) is 40.7 Å². The SMILES string of the molecule is CC(C)NS(=O)(=O)NCC(=O)C(C)(C)C. The molecule has 0 aliphatic rings. The van der Waals surface area contributed by atoms with E-state index in [9.17, 15) is 13.2 Å². The van der Waals surface area contributed by atoms with E-state index in [0.717, 1.165) is 0 Å². The lowest BCUT2D eigenvalue weighted by atomic mass is 9.91. The predicted molar refractivity (Wildman–Crippen MR) is 59.7 cm³/mol. The van der Waals surface area contributed by atoms with Gasteiger partial charge in [-0.1, -0.05) is 20.8 Å². The highest BCUT2D eigenvalue weighted by Crippen LogP contribution is 2.13. The van der Waals surface area contributed by atoms with Crippen molar-refractivity contribution in [2.75, 3.05) is 6.54 Å². The summed E-state index contributed by atoms with van der Waals surface area (Å²) in [5.74, 6) is -0.142. The summed E-state index contributed by atoms with van der Waals surface area (Å²) in [7, 11) is -3.56. The molecule has 0 bridgehead atoms. The smallest absolute Gasteiger partial charge is 0.277 e. The van der Waals surface area contributed by atoms with E-state index in [4.69, 9.17) is 0 Å². The zero-order valence-corrected chi connectivity index (χ0v) is 10.7. The number of nitrogens with one attached hydrogen (secondary N) is 2. The molecular weight excluding hydrogens is 216 g/mol. The summed E-state index contributed by atoms with van der Waals surface area (Å²) in [4.78, 5) is 11.4. The van der Waals surface area contributed by atoms with Gasteiger partial charge in [-0.15, -0.1) is 0 Å². The Morgan fingerprint density at radius 2 is 1.73 bits per heavy atom. The van der Waals surface area contributed by atoms with Crippen molar-refractivity contribution in [3.05, 3.63) is 0 Å². The molecule has 0 aliphatic carbocycles. The Kier molecular flexibility index (Phi) is 4.89. The predicted octanol–water partition coefficient (Wildman–Crippen LogP) is 0.434. The quantitative estimate of drug-likeness (QED) is 0.727. The van der Waals surface area contributed by atoms with Crippen molar-refractivity contribution in [3.63, 3.8) is 0 Å². The Hall–Kier alpha value is -0.460. The van der Waals surface area contributed by atoms with Crippen LogP contribution in [0.1, 0.15) is 34.6 Å². The highest BCUT2D eigenvalue weighted by molar-refractivity contribution is 7.87. The third-order valence-corrected chi connectivity index (χ3v) is 2.96. The van der Waals surface area contributed by atoms with Crippen molar-refractivity contribution in [1.82, 2.24) is 9.44 Å². The number of hydrogen-bond acceptors (Lipinski definition) is 3. The molecule has 0 aromatic heterocycles. The monoisotopic (exact) mass is 236 g/mol. The molecule has 0 amide bonds. The van der Waals surface area contributed by atoms with E-state index < -0.39 is 15.6 Å². The summed E-state index contributed by atoms with van der Waals surface area (Å²) in [6.07, 6.45) is 0. The van der Waals surface area contributed by atoms with Crippen molar-refractivity contribution in [2.24, 2.45) is 5.41 Å². The van der Waals surface area contributed by atoms with Crippen molar-refractivity contribution >= 4 is 16.0 Å². The number of carbonyl (C=O) groups is 1. The van der Waals surface area contributed by atoms with Gasteiger partial charge in [-0.3, -0.25) is 4.79 Å². The van der Waals surface area contributed by atoms with Gasteiger partial charge in [0.2, 0.25) is 0 Å². The first kappa shape index (κ1) is 14.5. The summed E-state index contributed by atoms with van der Waals surface area (Å²) >= 11 is 0. The van der Waals surface area contributed by atoms with Crippen LogP contribution in [-0.2, 0) is 15.0 Å². The van der Waals surface area contributed by atoms with Gasteiger partial charge in [0.1, 0.15) is 0 Å². The maximum atomic E-state index is 11.4. The van der Waals surface area contributed by atoms with Crippen LogP contribution in [0.4, 0.5) is 0 Å². The Morgan fingerprint density at radius 1 is 1.27 bits per heavy atom. The summed E-state index contributed by atoms with van der Waals surface area (Å²) in [5, 5.41) is 0. The number of ketones is 1. The molecule has 90 valence electrons. The van der Waals surface area contributed by atoms with Gasteiger partial charge in [0.05, 0.1) is 6.54 Å². The molecule has 2 N–H and O–H groups in total. The fourth-order valence-electron chi connectivity index (χ4n) is 0.778. The molecule has 0 aromatic carbocycles. The first-order valence-electron chi connectivity index (χ1n) is 4.85. The second-order valence-electron chi connectivity index (χ2n) is 4.77. The molecule has 0 saturated heterocycles. The molecule has 5 nitrogen and oxygen atoms in total. The Bertz CT molecular complexity index is 315. The van der Waals surface area contributed by atoms with Crippen molar-refractivity contribution in [1.29, 1.82) is 0 Å². The Balaban J connectivity index is 4.23. The van der Waals surface area contributed by atoms with Crippen molar-refractivity contribution < 1.29 is 13.2 Å². The molecule has 0 fully saturated rings. The third-order valence-electron chi connectivity index (χ3n) is 1.65. The second-order valence-corrected chi connectivity index (χ2v) is 6.30. The van der Waals surface area contributed by atoms with Crippen LogP contribution < -0.4 is 9.44 Å². The van der Waals surface area contributed by atoms with Crippen LogP contribution in [0.5, 0.6) is 0 Å². The van der Waals surface area contributed by atoms with Gasteiger partial charge in [-0.05, 0) is 13.8 Å². The molecule has 0 aromatic rings. The second kappa shape index (κ2) is 5.05. The molecule has 0 spiro atoms. The van der Waals surface area contributed by atoms with Crippen LogP contribution >= 0.6 is 0 Å². The number of hydrogen-bond donors (Lipinski definition) is 2. The first-order chi connectivity index (χ1) is 6.54. The minimum Gasteiger partial charge on any atom is -0.298 e. The molecule has 0 atom stereocenters. The average molecular weight is 236 g/mol. The van der Waals surface area contributed by atoms with Gasteiger partial charge in [0.25, 0.3) is 10.2 Å². The number of rotatable bonds is 5. The topological polar surface area (TPSA) is 75.3 Å². The highest BCUT2D eigenvalue weighted by atomic mass is 32.2. The molecule has 0 rings (SSSR count). The molecule has 0 unspecified atom stereocenters. The minimum atomic E-state index is -3.56. The number of carbonyl (C=O) groups excluding carboxylic acids is 1. The molecule has 6 heteroatoms. The standard InChI is InChI=1S/C9H20N2O3S/c1-7(2)11-15(13,14)10-6-8(12)9(3,4)5/h7,10-11H,6H2,1-5H3. The molecule has 0 heterocycles. The summed E-state index contributed by atoms with van der Waals surface area (Å²) in [6.45, 7) is 8.50. The Morgan fingerprint density at radius 3 is 2.07 bits per heavy atom. The van der Waals surface area contributed by atoms with Crippen LogP contribution in [0.3, 0.4) is 0 Å². The van der Waals surface area contributed by atoms with E-state index in [1.807, 2.05) is 0 Å². The van der Waals surface area contributed by atoms with Gasteiger partial charge in [-0.2, -0.15) is 17.9 Å². The van der Waals surface area contributed by atoms with Gasteiger partial charge < -0.3 is 0 Å². The molecular formula is C9H20N2O3S. The van der Waals surface area contributed by atoms with E-state index in [-0.39, 0.29) is 18.4 Å². The van der Waals surface area contributed by atoms with Crippen LogP contribution in [0.2, 0.25) is 0 Å². The minimum absolute atomic E-state index is 0.142. The third kappa shape index (κ3) is 6.59. The van der Waals surface area contributed by atoms with Gasteiger partial charge in [0, 0.05) is 11.5 Å². The van der Waals surface area contributed by atoms with E-state index in [1.165, 1.54) is 0 Å². The fraction of sp³-hybridized carbons (Fsp3) is 0.889. The van der Waals surface area contributed by atoms with Crippen LogP contribution in [-0.4, -0.2) is 26.8 Å². The van der Waals surface area contributed by atoms with E-state index in [0.29, 0.717) is 0 Å². The zero-order valence-electron chi connectivity index (χ0n) is 9.92. The number of Topliss-reactive ketones (excluding diaryl/α,β-unsaturated/α-hetero) is 1. The highest BCUT2D eigenvalue weighted by Gasteiger charge is 2.22. The Labute approximate surface area is 91.8 Å². The lowest BCUT2D eigenvalue weighted by Crippen LogP contribution is -2.44.